The number of benzene rings is 1. The Balaban J connectivity index is 1.96. The van der Waals surface area contributed by atoms with E-state index in [1.807, 2.05) is 0 Å². The maximum atomic E-state index is 13.6. The van der Waals surface area contributed by atoms with Crippen LogP contribution < -0.4 is 10.3 Å². The van der Waals surface area contributed by atoms with Gasteiger partial charge in [0.25, 0.3) is 11.4 Å². The van der Waals surface area contributed by atoms with Gasteiger partial charge in [-0.2, -0.15) is 10.1 Å². The normalized spacial score (nSPS) is 10.6. The lowest BCUT2D eigenvalue weighted by molar-refractivity contribution is 0.386. The Morgan fingerprint density at radius 3 is 2.81 bits per heavy atom. The van der Waals surface area contributed by atoms with E-state index in [4.69, 9.17) is 9.26 Å². The molecule has 7 nitrogen and oxygen atoms in total. The Labute approximate surface area is 117 Å². The fourth-order valence-electron chi connectivity index (χ4n) is 1.71. The highest BCUT2D eigenvalue weighted by molar-refractivity contribution is 5.58. The molecule has 0 fully saturated rings. The maximum Gasteiger partial charge on any atom is 0.278 e. The summed E-state index contributed by atoms with van der Waals surface area (Å²) >= 11 is 0. The van der Waals surface area contributed by atoms with E-state index in [0.29, 0.717) is 11.3 Å². The van der Waals surface area contributed by atoms with Gasteiger partial charge in [0.05, 0.1) is 7.11 Å². The van der Waals surface area contributed by atoms with E-state index in [-0.39, 0.29) is 23.0 Å². The van der Waals surface area contributed by atoms with Gasteiger partial charge in [-0.05, 0) is 24.3 Å². The molecule has 2 aromatic heterocycles. The van der Waals surface area contributed by atoms with Crippen molar-refractivity contribution in [2.75, 3.05) is 7.11 Å². The first-order valence-corrected chi connectivity index (χ1v) is 5.91. The Bertz CT molecular complexity index is 823. The number of nitrogens with zero attached hydrogens (tertiary/aromatic N) is 3. The number of aromatic amines is 1. The standard InChI is InChI=1S/C13H9FN4O3/c1-20-10-4-2-7(6-8(10)14)12-15-13(21-18-12)9-3-5-11(19)17-16-9/h2-6H,1H3,(H,17,19). The van der Waals surface area contributed by atoms with Gasteiger partial charge in [0.1, 0.15) is 5.69 Å². The Morgan fingerprint density at radius 1 is 1.29 bits per heavy atom. The largest absolute Gasteiger partial charge is 0.494 e. The van der Waals surface area contributed by atoms with E-state index in [1.54, 1.807) is 6.07 Å². The molecule has 0 aliphatic heterocycles. The van der Waals surface area contributed by atoms with Crippen molar-refractivity contribution in [2.45, 2.75) is 0 Å². The van der Waals surface area contributed by atoms with E-state index in [9.17, 15) is 9.18 Å². The lowest BCUT2D eigenvalue weighted by atomic mass is 10.2. The van der Waals surface area contributed by atoms with Crippen LogP contribution in [0.4, 0.5) is 4.39 Å². The van der Waals surface area contributed by atoms with Crippen LogP contribution >= 0.6 is 0 Å². The van der Waals surface area contributed by atoms with Crippen LogP contribution in [0.1, 0.15) is 0 Å². The zero-order chi connectivity index (χ0) is 14.8. The molecule has 0 bridgehead atoms. The molecule has 1 N–H and O–H groups in total. The zero-order valence-electron chi connectivity index (χ0n) is 10.8. The van der Waals surface area contributed by atoms with Crippen molar-refractivity contribution in [3.05, 3.63) is 46.5 Å². The third-order valence-electron chi connectivity index (χ3n) is 2.73. The maximum absolute atomic E-state index is 13.6. The number of nitrogens with one attached hydrogen (secondary N) is 1. The van der Waals surface area contributed by atoms with Gasteiger partial charge in [-0.1, -0.05) is 5.16 Å². The molecule has 21 heavy (non-hydrogen) atoms. The van der Waals surface area contributed by atoms with Gasteiger partial charge in [0, 0.05) is 11.6 Å². The SMILES string of the molecule is COc1ccc(-c2noc(-c3ccc(=O)[nH]n3)n2)cc1F. The smallest absolute Gasteiger partial charge is 0.278 e. The molecule has 0 saturated heterocycles. The molecule has 0 unspecified atom stereocenters. The van der Waals surface area contributed by atoms with Gasteiger partial charge < -0.3 is 9.26 Å². The highest BCUT2D eigenvalue weighted by atomic mass is 19.1. The fourth-order valence-corrected chi connectivity index (χ4v) is 1.71. The van der Waals surface area contributed by atoms with Crippen LogP contribution in [0.5, 0.6) is 5.75 Å². The van der Waals surface area contributed by atoms with Crippen molar-refractivity contribution in [2.24, 2.45) is 0 Å². The highest BCUT2D eigenvalue weighted by Crippen LogP contribution is 2.25. The van der Waals surface area contributed by atoms with Crippen LogP contribution in [-0.2, 0) is 0 Å². The number of rotatable bonds is 3. The van der Waals surface area contributed by atoms with Gasteiger partial charge in [-0.15, -0.1) is 0 Å². The van der Waals surface area contributed by atoms with E-state index >= 15 is 0 Å². The van der Waals surface area contributed by atoms with Gasteiger partial charge in [-0.25, -0.2) is 9.49 Å². The van der Waals surface area contributed by atoms with Gasteiger partial charge >= 0.3 is 0 Å². The average Bonchev–Trinajstić information content (AvgIpc) is 2.98. The molecular formula is C13H9FN4O3. The number of ether oxygens (including phenoxy) is 1. The molecule has 3 rings (SSSR count). The molecule has 8 heteroatoms. The minimum Gasteiger partial charge on any atom is -0.494 e. The molecule has 2 heterocycles. The van der Waals surface area contributed by atoms with E-state index < -0.39 is 5.82 Å². The lowest BCUT2D eigenvalue weighted by Crippen LogP contribution is -2.05. The predicted molar refractivity (Wildman–Crippen MR) is 70.1 cm³/mol. The first kappa shape index (κ1) is 13.0. The second-order valence-electron chi connectivity index (χ2n) is 4.08. The number of hydrogen-bond acceptors (Lipinski definition) is 6. The predicted octanol–water partition coefficient (Wildman–Crippen LogP) is 1.63. The van der Waals surface area contributed by atoms with Gasteiger partial charge in [0.15, 0.2) is 11.6 Å². The lowest BCUT2D eigenvalue weighted by Gasteiger charge is -2.01. The molecule has 0 atom stereocenters. The molecule has 0 aliphatic rings. The number of methoxy groups -OCH3 is 1. The number of H-pyrrole nitrogens is 1. The number of aromatic nitrogens is 4. The molecule has 0 aliphatic carbocycles. The Morgan fingerprint density at radius 2 is 2.14 bits per heavy atom. The van der Waals surface area contributed by atoms with Gasteiger partial charge in [-0.3, -0.25) is 4.79 Å². The third-order valence-corrected chi connectivity index (χ3v) is 2.73. The van der Waals surface area contributed by atoms with Crippen molar-refractivity contribution < 1.29 is 13.7 Å². The molecule has 106 valence electrons. The monoisotopic (exact) mass is 288 g/mol. The minimum absolute atomic E-state index is 0.123. The number of hydrogen-bond donors (Lipinski definition) is 1. The third kappa shape index (κ3) is 2.50. The second kappa shape index (κ2) is 5.16. The summed E-state index contributed by atoms with van der Waals surface area (Å²) in [6.07, 6.45) is 0. The van der Waals surface area contributed by atoms with Gasteiger partial charge in [0.2, 0.25) is 5.82 Å². The van der Waals surface area contributed by atoms with E-state index in [2.05, 4.69) is 20.3 Å². The summed E-state index contributed by atoms with van der Waals surface area (Å²) in [5, 5.41) is 9.79. The van der Waals surface area contributed by atoms with Crippen molar-refractivity contribution in [3.8, 4) is 28.7 Å². The molecule has 0 amide bonds. The van der Waals surface area contributed by atoms with Crippen LogP contribution in [0.25, 0.3) is 23.0 Å². The summed E-state index contributed by atoms with van der Waals surface area (Å²) in [7, 11) is 1.38. The first-order chi connectivity index (χ1) is 10.2. The van der Waals surface area contributed by atoms with E-state index in [0.717, 1.165) is 0 Å². The topological polar surface area (TPSA) is 93.9 Å². The molecule has 0 spiro atoms. The molecule has 0 radical (unpaired) electrons. The summed E-state index contributed by atoms with van der Waals surface area (Å²) in [6.45, 7) is 0. The van der Waals surface area contributed by atoms with Crippen LogP contribution in [0.15, 0.2) is 39.6 Å². The van der Waals surface area contributed by atoms with Crippen molar-refractivity contribution in [1.29, 1.82) is 0 Å². The Kier molecular flexibility index (Phi) is 3.19. The molecule has 1 aromatic carbocycles. The van der Waals surface area contributed by atoms with Crippen LogP contribution in [0, 0.1) is 5.82 Å². The second-order valence-corrected chi connectivity index (χ2v) is 4.08. The van der Waals surface area contributed by atoms with Crippen molar-refractivity contribution in [3.63, 3.8) is 0 Å². The first-order valence-electron chi connectivity index (χ1n) is 5.91. The summed E-state index contributed by atoms with van der Waals surface area (Å²) < 4.78 is 23.5. The number of halogens is 1. The zero-order valence-corrected chi connectivity index (χ0v) is 10.8. The summed E-state index contributed by atoms with van der Waals surface area (Å²) in [4.78, 5) is 15.0. The summed E-state index contributed by atoms with van der Waals surface area (Å²) in [5.41, 5.74) is 0.422. The van der Waals surface area contributed by atoms with Crippen LogP contribution in [-0.4, -0.2) is 27.4 Å². The molecule has 3 aromatic rings. The molecular weight excluding hydrogens is 279 g/mol. The van der Waals surface area contributed by atoms with Crippen LogP contribution in [0.3, 0.4) is 0 Å². The molecule has 0 saturated carbocycles. The van der Waals surface area contributed by atoms with E-state index in [1.165, 1.54) is 31.4 Å². The highest BCUT2D eigenvalue weighted by Gasteiger charge is 2.13. The summed E-state index contributed by atoms with van der Waals surface area (Å²) in [6, 6.07) is 7.06. The fraction of sp³-hybridized carbons (Fsp3) is 0.0769. The van der Waals surface area contributed by atoms with Crippen molar-refractivity contribution >= 4 is 0 Å². The summed E-state index contributed by atoms with van der Waals surface area (Å²) in [5.74, 6) is -0.0645. The van der Waals surface area contributed by atoms with Crippen LogP contribution in [0.2, 0.25) is 0 Å². The quantitative estimate of drug-likeness (QED) is 0.787. The Hall–Kier alpha value is -3.03. The average molecular weight is 288 g/mol. The van der Waals surface area contributed by atoms with Crippen molar-refractivity contribution in [1.82, 2.24) is 20.3 Å². The minimum atomic E-state index is -0.525.